The summed E-state index contributed by atoms with van der Waals surface area (Å²) in [5.74, 6) is -0.312. The number of aliphatic hydroxyl groups excluding tert-OH is 1. The Morgan fingerprint density at radius 1 is 1.00 bits per heavy atom. The van der Waals surface area contributed by atoms with Gasteiger partial charge in [-0.2, -0.15) is 0 Å². The Balaban J connectivity index is 2.23. The van der Waals surface area contributed by atoms with Gasteiger partial charge in [0.25, 0.3) is 0 Å². The van der Waals surface area contributed by atoms with Crippen molar-refractivity contribution in [3.8, 4) is 0 Å². The summed E-state index contributed by atoms with van der Waals surface area (Å²) in [7, 11) is 0. The third-order valence-electron chi connectivity index (χ3n) is 2.49. The van der Waals surface area contributed by atoms with Gasteiger partial charge in [-0.1, -0.05) is 54.1 Å². The maximum Gasteiger partial charge on any atom is 0.195 e. The number of carbonyl (C=O) groups is 1. The normalized spacial score (nSPS) is 12.1. The third-order valence-corrected chi connectivity index (χ3v) is 2.74. The molecular formula is C14H11ClO2. The molecule has 0 aliphatic carbocycles. The van der Waals surface area contributed by atoms with Crippen molar-refractivity contribution in [1.82, 2.24) is 0 Å². The predicted molar refractivity (Wildman–Crippen MR) is 67.2 cm³/mol. The van der Waals surface area contributed by atoms with Gasteiger partial charge in [0.2, 0.25) is 0 Å². The third kappa shape index (κ3) is 2.73. The minimum atomic E-state index is -1.14. The second-order valence-electron chi connectivity index (χ2n) is 3.68. The molecule has 0 unspecified atom stereocenters. The number of ketones is 1. The molecule has 2 aromatic rings. The van der Waals surface area contributed by atoms with Crippen LogP contribution in [0.3, 0.4) is 0 Å². The quantitative estimate of drug-likeness (QED) is 0.844. The molecule has 1 atom stereocenters. The van der Waals surface area contributed by atoms with Crippen LogP contribution in [0.15, 0.2) is 54.6 Å². The molecule has 86 valence electrons. The van der Waals surface area contributed by atoms with Gasteiger partial charge in [-0.15, -0.1) is 0 Å². The first-order valence-electron chi connectivity index (χ1n) is 5.21. The molecule has 0 saturated heterocycles. The van der Waals surface area contributed by atoms with Crippen molar-refractivity contribution in [3.63, 3.8) is 0 Å². The molecule has 1 N–H and O–H groups in total. The van der Waals surface area contributed by atoms with Crippen LogP contribution in [0, 0.1) is 0 Å². The lowest BCUT2D eigenvalue weighted by Crippen LogP contribution is -2.11. The molecule has 2 nitrogen and oxygen atoms in total. The lowest BCUT2D eigenvalue weighted by molar-refractivity contribution is 0.0747. The summed E-state index contributed by atoms with van der Waals surface area (Å²) < 4.78 is 0. The van der Waals surface area contributed by atoms with E-state index >= 15 is 0 Å². The number of hydrogen-bond donors (Lipinski definition) is 1. The summed E-state index contributed by atoms with van der Waals surface area (Å²) >= 11 is 5.75. The summed E-state index contributed by atoms with van der Waals surface area (Å²) in [6.45, 7) is 0. The Kier molecular flexibility index (Phi) is 3.57. The minimum absolute atomic E-state index is 0.312. The number of rotatable bonds is 3. The van der Waals surface area contributed by atoms with E-state index in [-0.39, 0.29) is 5.78 Å². The van der Waals surface area contributed by atoms with E-state index in [1.165, 1.54) is 0 Å². The summed E-state index contributed by atoms with van der Waals surface area (Å²) in [6, 6.07) is 15.3. The molecule has 0 radical (unpaired) electrons. The predicted octanol–water partition coefficient (Wildman–Crippen LogP) is 3.26. The van der Waals surface area contributed by atoms with Crippen molar-refractivity contribution < 1.29 is 9.90 Å². The number of hydrogen-bond acceptors (Lipinski definition) is 2. The summed E-state index contributed by atoms with van der Waals surface area (Å²) in [5, 5.41) is 10.5. The molecule has 17 heavy (non-hydrogen) atoms. The molecule has 0 fully saturated rings. The Morgan fingerprint density at radius 3 is 2.18 bits per heavy atom. The molecule has 0 aliphatic heterocycles. The smallest absolute Gasteiger partial charge is 0.195 e. The lowest BCUT2D eigenvalue weighted by Gasteiger charge is -2.09. The minimum Gasteiger partial charge on any atom is -0.380 e. The first-order valence-corrected chi connectivity index (χ1v) is 5.59. The maximum absolute atomic E-state index is 11.9. The van der Waals surface area contributed by atoms with Crippen molar-refractivity contribution in [2.24, 2.45) is 0 Å². The van der Waals surface area contributed by atoms with Crippen LogP contribution in [-0.2, 0) is 0 Å². The number of Topliss-reactive ketones (excluding diaryl/α,β-unsaturated/α-hetero) is 1. The van der Waals surface area contributed by atoms with Crippen LogP contribution in [0.1, 0.15) is 22.0 Å². The van der Waals surface area contributed by atoms with E-state index in [0.717, 1.165) is 0 Å². The number of benzene rings is 2. The highest BCUT2D eigenvalue weighted by atomic mass is 35.5. The monoisotopic (exact) mass is 246 g/mol. The van der Waals surface area contributed by atoms with Crippen LogP contribution < -0.4 is 0 Å². The van der Waals surface area contributed by atoms with E-state index in [1.54, 1.807) is 48.5 Å². The van der Waals surface area contributed by atoms with Crippen molar-refractivity contribution in [3.05, 3.63) is 70.7 Å². The zero-order chi connectivity index (χ0) is 12.3. The molecule has 0 heterocycles. The van der Waals surface area contributed by atoms with Crippen LogP contribution in [0.5, 0.6) is 0 Å². The van der Waals surface area contributed by atoms with E-state index in [2.05, 4.69) is 0 Å². The van der Waals surface area contributed by atoms with Gasteiger partial charge in [-0.05, 0) is 17.7 Å². The zero-order valence-corrected chi connectivity index (χ0v) is 9.76. The molecule has 0 aliphatic rings. The molecule has 0 amide bonds. The van der Waals surface area contributed by atoms with Gasteiger partial charge in [-0.25, -0.2) is 0 Å². The second-order valence-corrected chi connectivity index (χ2v) is 4.12. The van der Waals surface area contributed by atoms with Gasteiger partial charge >= 0.3 is 0 Å². The molecule has 0 spiro atoms. The van der Waals surface area contributed by atoms with Gasteiger partial charge < -0.3 is 5.11 Å². The van der Waals surface area contributed by atoms with E-state index in [9.17, 15) is 9.90 Å². The van der Waals surface area contributed by atoms with Gasteiger partial charge in [0.05, 0.1) is 0 Å². The van der Waals surface area contributed by atoms with Gasteiger partial charge in [0, 0.05) is 10.6 Å². The zero-order valence-electron chi connectivity index (χ0n) is 9.01. The maximum atomic E-state index is 11.9. The van der Waals surface area contributed by atoms with Gasteiger partial charge in [-0.3, -0.25) is 4.79 Å². The lowest BCUT2D eigenvalue weighted by atomic mass is 10.0. The summed E-state index contributed by atoms with van der Waals surface area (Å²) in [5.41, 5.74) is 1.04. The highest BCUT2D eigenvalue weighted by Crippen LogP contribution is 2.20. The molecule has 0 bridgehead atoms. The van der Waals surface area contributed by atoms with Gasteiger partial charge in [0.15, 0.2) is 5.78 Å². The number of halogens is 1. The first kappa shape index (κ1) is 11.8. The molecule has 0 aromatic heterocycles. The number of carbonyl (C=O) groups excluding carboxylic acids is 1. The Bertz CT molecular complexity index is 506. The second kappa shape index (κ2) is 5.13. The fourth-order valence-electron chi connectivity index (χ4n) is 1.56. The van der Waals surface area contributed by atoms with Crippen LogP contribution in [0.25, 0.3) is 0 Å². The molecule has 2 aromatic carbocycles. The topological polar surface area (TPSA) is 37.3 Å². The SMILES string of the molecule is O=C(c1ccccc1)[C@H](O)c1ccc(Cl)cc1. The van der Waals surface area contributed by atoms with Crippen molar-refractivity contribution >= 4 is 17.4 Å². The van der Waals surface area contributed by atoms with Crippen LogP contribution in [0.4, 0.5) is 0 Å². The number of aliphatic hydroxyl groups is 1. The fraction of sp³-hybridized carbons (Fsp3) is 0.0714. The van der Waals surface area contributed by atoms with Crippen LogP contribution in [-0.4, -0.2) is 10.9 Å². The Morgan fingerprint density at radius 2 is 1.59 bits per heavy atom. The highest BCUT2D eigenvalue weighted by Gasteiger charge is 2.18. The highest BCUT2D eigenvalue weighted by molar-refractivity contribution is 6.30. The first-order chi connectivity index (χ1) is 8.18. The van der Waals surface area contributed by atoms with E-state index in [4.69, 9.17) is 11.6 Å². The van der Waals surface area contributed by atoms with Crippen LogP contribution >= 0.6 is 11.6 Å². The summed E-state index contributed by atoms with van der Waals surface area (Å²) in [4.78, 5) is 11.9. The molecular weight excluding hydrogens is 236 g/mol. The Hall–Kier alpha value is -1.64. The standard InChI is InChI=1S/C14H11ClO2/c15-12-8-6-11(7-9-12)14(17)13(16)10-4-2-1-3-5-10/h1-9,14,17H/t14-/m1/s1. The van der Waals surface area contributed by atoms with E-state index in [1.807, 2.05) is 6.07 Å². The molecule has 2 rings (SSSR count). The average Bonchev–Trinajstić information content (AvgIpc) is 2.39. The van der Waals surface area contributed by atoms with Crippen LogP contribution in [0.2, 0.25) is 5.02 Å². The summed E-state index contributed by atoms with van der Waals surface area (Å²) in [6.07, 6.45) is -1.14. The van der Waals surface area contributed by atoms with E-state index < -0.39 is 6.10 Å². The molecule has 0 saturated carbocycles. The Labute approximate surface area is 104 Å². The van der Waals surface area contributed by atoms with E-state index in [0.29, 0.717) is 16.1 Å². The van der Waals surface area contributed by atoms with Crippen molar-refractivity contribution in [2.75, 3.05) is 0 Å². The average molecular weight is 247 g/mol. The van der Waals surface area contributed by atoms with Gasteiger partial charge in [0.1, 0.15) is 6.10 Å². The van der Waals surface area contributed by atoms with Crippen molar-refractivity contribution in [2.45, 2.75) is 6.10 Å². The largest absolute Gasteiger partial charge is 0.380 e. The van der Waals surface area contributed by atoms with Crippen molar-refractivity contribution in [1.29, 1.82) is 0 Å². The molecule has 3 heteroatoms. The fourth-order valence-corrected chi connectivity index (χ4v) is 1.68.